The first-order chi connectivity index (χ1) is 9.88. The second kappa shape index (κ2) is 6.60. The Morgan fingerprint density at radius 2 is 1.81 bits per heavy atom. The number of carbonyl (C=O) groups is 2. The van der Waals surface area contributed by atoms with Gasteiger partial charge in [0.15, 0.2) is 0 Å². The summed E-state index contributed by atoms with van der Waals surface area (Å²) in [6, 6.07) is 9.29. The number of hydrogen-bond donors (Lipinski definition) is 2. The lowest BCUT2D eigenvalue weighted by Crippen LogP contribution is -2.13. The first kappa shape index (κ1) is 16.0. The highest BCUT2D eigenvalue weighted by Crippen LogP contribution is 2.26. The Morgan fingerprint density at radius 1 is 1.10 bits per heavy atom. The van der Waals surface area contributed by atoms with Crippen LogP contribution in [0.5, 0.6) is 0 Å². The summed E-state index contributed by atoms with van der Waals surface area (Å²) >= 11 is 12.5. The molecule has 0 aromatic heterocycles. The minimum atomic E-state index is -1.04. The molecule has 0 fully saturated rings. The molecular formula is C14H8Br2ClNO3. The van der Waals surface area contributed by atoms with Crippen LogP contribution in [0.15, 0.2) is 45.3 Å². The lowest BCUT2D eigenvalue weighted by molar-refractivity contribution is 0.0696. The number of amides is 1. The zero-order chi connectivity index (χ0) is 15.6. The third-order valence-electron chi connectivity index (χ3n) is 2.64. The smallest absolute Gasteiger partial charge is 0.335 e. The third kappa shape index (κ3) is 3.84. The SMILES string of the molecule is O=C(O)c1ccc(NC(=O)c2cc(Br)ccc2Cl)c(Br)c1. The van der Waals surface area contributed by atoms with Gasteiger partial charge in [-0.1, -0.05) is 27.5 Å². The van der Waals surface area contributed by atoms with Crippen LogP contribution in [0.1, 0.15) is 20.7 Å². The van der Waals surface area contributed by atoms with Gasteiger partial charge in [0.25, 0.3) is 5.91 Å². The number of anilines is 1. The van der Waals surface area contributed by atoms with Gasteiger partial charge >= 0.3 is 5.97 Å². The maximum absolute atomic E-state index is 12.2. The summed E-state index contributed by atoms with van der Waals surface area (Å²) < 4.78 is 1.21. The predicted molar refractivity (Wildman–Crippen MR) is 88.2 cm³/mol. The van der Waals surface area contributed by atoms with Crippen molar-refractivity contribution in [3.05, 3.63) is 61.5 Å². The zero-order valence-electron chi connectivity index (χ0n) is 10.4. The van der Waals surface area contributed by atoms with Crippen LogP contribution in [-0.2, 0) is 0 Å². The standard InChI is InChI=1S/C14H8Br2ClNO3/c15-8-2-3-11(17)9(6-8)13(19)18-12-4-1-7(14(20)21)5-10(12)16/h1-6H,(H,18,19)(H,20,21). The van der Waals surface area contributed by atoms with Crippen molar-refractivity contribution in [3.8, 4) is 0 Å². The number of aromatic carboxylic acids is 1. The van der Waals surface area contributed by atoms with Crippen molar-refractivity contribution >= 4 is 61.0 Å². The van der Waals surface area contributed by atoms with Crippen LogP contribution in [0.25, 0.3) is 0 Å². The number of benzene rings is 2. The monoisotopic (exact) mass is 431 g/mol. The Labute approximate surface area is 142 Å². The molecular weight excluding hydrogens is 425 g/mol. The van der Waals surface area contributed by atoms with Gasteiger partial charge in [-0.15, -0.1) is 0 Å². The van der Waals surface area contributed by atoms with E-state index in [2.05, 4.69) is 37.2 Å². The van der Waals surface area contributed by atoms with E-state index in [0.717, 1.165) is 4.47 Å². The first-order valence-electron chi connectivity index (χ1n) is 5.67. The van der Waals surface area contributed by atoms with Crippen molar-refractivity contribution in [2.45, 2.75) is 0 Å². The van der Waals surface area contributed by atoms with Crippen LogP contribution < -0.4 is 5.32 Å². The van der Waals surface area contributed by atoms with E-state index in [9.17, 15) is 9.59 Å². The van der Waals surface area contributed by atoms with Crippen molar-refractivity contribution < 1.29 is 14.7 Å². The molecule has 0 heterocycles. The molecule has 0 aliphatic carbocycles. The fourth-order valence-corrected chi connectivity index (χ4v) is 2.65. The quantitative estimate of drug-likeness (QED) is 0.730. The van der Waals surface area contributed by atoms with Crippen molar-refractivity contribution in [3.63, 3.8) is 0 Å². The molecule has 0 radical (unpaired) electrons. The van der Waals surface area contributed by atoms with Gasteiger partial charge in [0.2, 0.25) is 0 Å². The minimum absolute atomic E-state index is 0.125. The highest BCUT2D eigenvalue weighted by atomic mass is 79.9. The summed E-state index contributed by atoms with van der Waals surface area (Å²) in [7, 11) is 0. The molecule has 0 spiro atoms. The summed E-state index contributed by atoms with van der Waals surface area (Å²) in [4.78, 5) is 23.1. The number of hydrogen-bond acceptors (Lipinski definition) is 2. The molecule has 4 nitrogen and oxygen atoms in total. The van der Waals surface area contributed by atoms with Crippen LogP contribution in [-0.4, -0.2) is 17.0 Å². The second-order valence-corrected chi connectivity index (χ2v) is 6.26. The van der Waals surface area contributed by atoms with Crippen LogP contribution in [0.2, 0.25) is 5.02 Å². The van der Waals surface area contributed by atoms with Crippen LogP contribution in [0.4, 0.5) is 5.69 Å². The number of carboxylic acids is 1. The van der Waals surface area contributed by atoms with E-state index >= 15 is 0 Å². The molecule has 1 amide bonds. The molecule has 7 heteroatoms. The minimum Gasteiger partial charge on any atom is -0.478 e. The van der Waals surface area contributed by atoms with E-state index in [0.29, 0.717) is 20.7 Å². The molecule has 0 aliphatic heterocycles. The number of carbonyl (C=O) groups excluding carboxylic acids is 1. The van der Waals surface area contributed by atoms with Crippen molar-refractivity contribution in [2.75, 3.05) is 5.32 Å². The molecule has 0 unspecified atom stereocenters. The molecule has 2 aromatic rings. The molecule has 21 heavy (non-hydrogen) atoms. The fraction of sp³-hybridized carbons (Fsp3) is 0. The van der Waals surface area contributed by atoms with Crippen molar-refractivity contribution in [2.24, 2.45) is 0 Å². The number of carboxylic acid groups (broad SMARTS) is 1. The normalized spacial score (nSPS) is 10.2. The maximum Gasteiger partial charge on any atom is 0.335 e. The molecule has 0 aliphatic rings. The number of rotatable bonds is 3. The van der Waals surface area contributed by atoms with Gasteiger partial charge < -0.3 is 10.4 Å². The van der Waals surface area contributed by atoms with Gasteiger partial charge in [0, 0.05) is 8.95 Å². The number of halogens is 3. The second-order valence-electron chi connectivity index (χ2n) is 4.08. The van der Waals surface area contributed by atoms with E-state index in [-0.39, 0.29) is 11.5 Å². The van der Waals surface area contributed by atoms with Gasteiger partial charge in [-0.3, -0.25) is 4.79 Å². The molecule has 0 saturated heterocycles. The fourth-order valence-electron chi connectivity index (χ4n) is 1.61. The van der Waals surface area contributed by atoms with E-state index < -0.39 is 5.97 Å². The molecule has 2 N–H and O–H groups in total. The molecule has 108 valence electrons. The summed E-state index contributed by atoms with van der Waals surface area (Å²) in [6.45, 7) is 0. The Bertz CT molecular complexity index is 734. The van der Waals surface area contributed by atoms with Crippen molar-refractivity contribution in [1.82, 2.24) is 0 Å². The average Bonchev–Trinajstić information content (AvgIpc) is 2.43. The Morgan fingerprint density at radius 3 is 2.43 bits per heavy atom. The Kier molecular flexibility index (Phi) is 5.03. The topological polar surface area (TPSA) is 66.4 Å². The predicted octanol–water partition coefficient (Wildman–Crippen LogP) is 4.82. The Balaban J connectivity index is 2.27. The van der Waals surface area contributed by atoms with Crippen LogP contribution in [0, 0.1) is 0 Å². The highest BCUT2D eigenvalue weighted by Gasteiger charge is 2.13. The first-order valence-corrected chi connectivity index (χ1v) is 7.64. The van der Waals surface area contributed by atoms with E-state index in [4.69, 9.17) is 16.7 Å². The molecule has 2 rings (SSSR count). The molecule has 0 bridgehead atoms. The summed E-state index contributed by atoms with van der Waals surface area (Å²) in [5.74, 6) is -1.42. The van der Waals surface area contributed by atoms with Gasteiger partial charge in [0.1, 0.15) is 0 Å². The lowest BCUT2D eigenvalue weighted by atomic mass is 10.2. The van der Waals surface area contributed by atoms with Gasteiger partial charge in [-0.2, -0.15) is 0 Å². The zero-order valence-corrected chi connectivity index (χ0v) is 14.3. The van der Waals surface area contributed by atoms with E-state index in [1.807, 2.05) is 0 Å². The highest BCUT2D eigenvalue weighted by molar-refractivity contribution is 9.10. The summed E-state index contributed by atoms with van der Waals surface area (Å²) in [5.41, 5.74) is 0.904. The van der Waals surface area contributed by atoms with Crippen molar-refractivity contribution in [1.29, 1.82) is 0 Å². The van der Waals surface area contributed by atoms with E-state index in [1.54, 1.807) is 18.2 Å². The summed E-state index contributed by atoms with van der Waals surface area (Å²) in [5, 5.41) is 11.9. The third-order valence-corrected chi connectivity index (χ3v) is 4.12. The van der Waals surface area contributed by atoms with E-state index in [1.165, 1.54) is 18.2 Å². The van der Waals surface area contributed by atoms with Crippen LogP contribution in [0.3, 0.4) is 0 Å². The van der Waals surface area contributed by atoms with Crippen LogP contribution >= 0.6 is 43.5 Å². The largest absolute Gasteiger partial charge is 0.478 e. The summed E-state index contributed by atoms with van der Waals surface area (Å²) in [6.07, 6.45) is 0. The van der Waals surface area contributed by atoms with Gasteiger partial charge in [0.05, 0.1) is 21.8 Å². The average molecular weight is 433 g/mol. The lowest BCUT2D eigenvalue weighted by Gasteiger charge is -2.09. The van der Waals surface area contributed by atoms with Gasteiger partial charge in [-0.05, 0) is 52.3 Å². The van der Waals surface area contributed by atoms with Gasteiger partial charge in [-0.25, -0.2) is 4.79 Å². The maximum atomic E-state index is 12.2. The number of nitrogens with one attached hydrogen (secondary N) is 1. The Hall–Kier alpha value is -1.37. The molecule has 0 atom stereocenters. The molecule has 2 aromatic carbocycles. The molecule has 0 saturated carbocycles.